The molecule has 10 heteroatoms. The molecule has 2 aromatic carbocycles. The van der Waals surface area contributed by atoms with Crippen molar-refractivity contribution in [3.63, 3.8) is 0 Å². The number of carbonyl (C=O) groups excluding carboxylic acids is 2. The molecule has 6 N–H and O–H groups in total. The minimum absolute atomic E-state index is 0.0181. The van der Waals surface area contributed by atoms with Crippen molar-refractivity contribution in [2.45, 2.75) is 25.3 Å². The first-order valence-corrected chi connectivity index (χ1v) is 9.53. The number of carbonyl (C=O) groups is 3. The molecule has 0 aliphatic rings. The van der Waals surface area contributed by atoms with Gasteiger partial charge in [0.05, 0.1) is 7.11 Å². The number of aromatic hydroxyl groups is 1. The number of phenolic OH excluding ortho intramolecular Hbond substituents is 1. The molecule has 10 nitrogen and oxygen atoms in total. The molecule has 0 saturated heterocycles. The van der Waals surface area contributed by atoms with Gasteiger partial charge in [-0.25, -0.2) is 9.59 Å². The second kappa shape index (κ2) is 11.4. The third-order valence-electron chi connectivity index (χ3n) is 4.34. The summed E-state index contributed by atoms with van der Waals surface area (Å²) in [5, 5.41) is 23.9. The molecule has 0 aliphatic carbocycles. The number of hydrogen-bond acceptors (Lipinski definition) is 7. The zero-order chi connectivity index (χ0) is 22.8. The zero-order valence-electron chi connectivity index (χ0n) is 17.0. The van der Waals surface area contributed by atoms with Gasteiger partial charge in [0.25, 0.3) is 0 Å². The standard InChI is InChI=1S/C21H25N3O7/c1-30-20(27)24-17(7-2-3-10-22)19(26)23-14-8-9-18(31-21(28)29)16(12-14)13-5-4-6-15(25)11-13/h4-6,8-9,11-12,17,25H,2-3,7,10,22H2,1H3,(H,23,26)(H,24,27)(H,28,29)/t17-/m0/s1. The fourth-order valence-electron chi connectivity index (χ4n) is 2.88. The summed E-state index contributed by atoms with van der Waals surface area (Å²) in [5.74, 6) is -0.463. The van der Waals surface area contributed by atoms with Gasteiger partial charge in [-0.2, -0.15) is 0 Å². The molecule has 0 spiro atoms. The summed E-state index contributed by atoms with van der Waals surface area (Å²) in [5.41, 5.74) is 6.66. The summed E-state index contributed by atoms with van der Waals surface area (Å²) < 4.78 is 9.39. The predicted molar refractivity (Wildman–Crippen MR) is 113 cm³/mol. The number of hydrogen-bond donors (Lipinski definition) is 5. The summed E-state index contributed by atoms with van der Waals surface area (Å²) in [6.45, 7) is 0.463. The first-order chi connectivity index (χ1) is 14.8. The fourth-order valence-corrected chi connectivity index (χ4v) is 2.88. The number of rotatable bonds is 9. The molecule has 166 valence electrons. The van der Waals surface area contributed by atoms with Crippen LogP contribution in [0, 0.1) is 0 Å². The van der Waals surface area contributed by atoms with E-state index >= 15 is 0 Å². The first kappa shape index (κ1) is 23.5. The van der Waals surface area contributed by atoms with Gasteiger partial charge in [-0.15, -0.1) is 0 Å². The second-order valence-electron chi connectivity index (χ2n) is 6.59. The Labute approximate surface area is 179 Å². The molecule has 1 atom stereocenters. The van der Waals surface area contributed by atoms with Crippen LogP contribution in [0.5, 0.6) is 11.5 Å². The van der Waals surface area contributed by atoms with E-state index < -0.39 is 24.2 Å². The molecule has 0 bridgehead atoms. The highest BCUT2D eigenvalue weighted by molar-refractivity contribution is 5.97. The third kappa shape index (κ3) is 7.19. The van der Waals surface area contributed by atoms with E-state index in [1.807, 2.05) is 0 Å². The average molecular weight is 431 g/mol. The molecule has 0 saturated carbocycles. The van der Waals surface area contributed by atoms with Crippen molar-refractivity contribution < 1.29 is 34.1 Å². The molecule has 2 aromatic rings. The maximum atomic E-state index is 12.7. The van der Waals surface area contributed by atoms with E-state index in [2.05, 4.69) is 15.4 Å². The number of alkyl carbamates (subject to hydrolysis) is 1. The number of nitrogens with one attached hydrogen (secondary N) is 2. The van der Waals surface area contributed by atoms with Gasteiger partial charge in [0.1, 0.15) is 17.5 Å². The molecule has 31 heavy (non-hydrogen) atoms. The summed E-state index contributed by atoms with van der Waals surface area (Å²) in [6.07, 6.45) is -0.565. The molecular weight excluding hydrogens is 406 g/mol. The summed E-state index contributed by atoms with van der Waals surface area (Å²) in [6, 6.07) is 9.68. The van der Waals surface area contributed by atoms with Gasteiger partial charge < -0.3 is 36.1 Å². The first-order valence-electron chi connectivity index (χ1n) is 9.53. The number of carboxylic acid groups (broad SMARTS) is 1. The largest absolute Gasteiger partial charge is 0.511 e. The van der Waals surface area contributed by atoms with Crippen LogP contribution in [0.4, 0.5) is 15.3 Å². The topological polar surface area (TPSA) is 160 Å². The Morgan fingerprint density at radius 3 is 2.55 bits per heavy atom. The zero-order valence-corrected chi connectivity index (χ0v) is 17.0. The molecule has 0 unspecified atom stereocenters. The van der Waals surface area contributed by atoms with Gasteiger partial charge in [-0.3, -0.25) is 4.79 Å². The summed E-state index contributed by atoms with van der Waals surface area (Å²) in [7, 11) is 1.20. The van der Waals surface area contributed by atoms with E-state index in [1.165, 1.54) is 37.4 Å². The number of methoxy groups -OCH3 is 1. The van der Waals surface area contributed by atoms with Gasteiger partial charge in [-0.1, -0.05) is 12.1 Å². The molecule has 2 amide bonds. The van der Waals surface area contributed by atoms with E-state index in [9.17, 15) is 19.5 Å². The minimum Gasteiger partial charge on any atom is -0.508 e. The van der Waals surface area contributed by atoms with Crippen LogP contribution < -0.4 is 21.1 Å². The number of benzene rings is 2. The van der Waals surface area contributed by atoms with Crippen LogP contribution in [0.2, 0.25) is 0 Å². The van der Waals surface area contributed by atoms with Crippen molar-refractivity contribution in [3.05, 3.63) is 42.5 Å². The van der Waals surface area contributed by atoms with Crippen LogP contribution in [-0.2, 0) is 9.53 Å². The molecule has 2 rings (SSSR count). The SMILES string of the molecule is COC(=O)N[C@@H](CCCCN)C(=O)Nc1ccc(OC(=O)O)c(-c2cccc(O)c2)c1. The highest BCUT2D eigenvalue weighted by Crippen LogP contribution is 2.34. The molecule has 0 fully saturated rings. The maximum Gasteiger partial charge on any atom is 0.511 e. The Kier molecular flexibility index (Phi) is 8.64. The molecule has 0 aromatic heterocycles. The lowest BCUT2D eigenvalue weighted by atomic mass is 10.0. The van der Waals surface area contributed by atoms with E-state index in [1.54, 1.807) is 12.1 Å². The Bertz CT molecular complexity index is 933. The lowest BCUT2D eigenvalue weighted by Gasteiger charge is -2.18. The normalized spacial score (nSPS) is 11.3. The van der Waals surface area contributed by atoms with Gasteiger partial charge in [0.15, 0.2) is 0 Å². The number of nitrogens with two attached hydrogens (primary N) is 1. The summed E-state index contributed by atoms with van der Waals surface area (Å²) >= 11 is 0. The number of anilines is 1. The van der Waals surface area contributed by atoms with E-state index in [4.69, 9.17) is 15.6 Å². The number of phenols is 1. The second-order valence-corrected chi connectivity index (χ2v) is 6.59. The van der Waals surface area contributed by atoms with Crippen LogP contribution in [-0.4, -0.2) is 48.1 Å². The Morgan fingerprint density at radius 2 is 1.90 bits per heavy atom. The van der Waals surface area contributed by atoms with Crippen molar-refractivity contribution in [2.75, 3.05) is 19.0 Å². The van der Waals surface area contributed by atoms with Crippen molar-refractivity contribution in [2.24, 2.45) is 5.73 Å². The van der Waals surface area contributed by atoms with Crippen molar-refractivity contribution in [3.8, 4) is 22.6 Å². The van der Waals surface area contributed by atoms with Crippen molar-refractivity contribution in [1.29, 1.82) is 0 Å². The van der Waals surface area contributed by atoms with E-state index in [0.717, 1.165) is 0 Å². The van der Waals surface area contributed by atoms with Gasteiger partial charge in [0.2, 0.25) is 5.91 Å². The monoisotopic (exact) mass is 431 g/mol. The van der Waals surface area contributed by atoms with Gasteiger partial charge in [0, 0.05) is 11.3 Å². The van der Waals surface area contributed by atoms with Crippen LogP contribution in [0.15, 0.2) is 42.5 Å². The van der Waals surface area contributed by atoms with Gasteiger partial charge >= 0.3 is 12.2 Å². The fraction of sp³-hybridized carbons (Fsp3) is 0.286. The number of unbranched alkanes of at least 4 members (excludes halogenated alkanes) is 1. The van der Waals surface area contributed by atoms with Crippen LogP contribution in [0.25, 0.3) is 11.1 Å². The highest BCUT2D eigenvalue weighted by atomic mass is 16.7. The Balaban J connectivity index is 2.29. The maximum absolute atomic E-state index is 12.7. The van der Waals surface area contributed by atoms with Crippen LogP contribution in [0.1, 0.15) is 19.3 Å². The molecule has 0 aliphatic heterocycles. The molecule has 0 radical (unpaired) electrons. The Morgan fingerprint density at radius 1 is 1.13 bits per heavy atom. The summed E-state index contributed by atoms with van der Waals surface area (Å²) in [4.78, 5) is 35.4. The highest BCUT2D eigenvalue weighted by Gasteiger charge is 2.21. The minimum atomic E-state index is -1.50. The number of amides is 2. The lowest BCUT2D eigenvalue weighted by molar-refractivity contribution is -0.118. The predicted octanol–water partition coefficient (Wildman–Crippen LogP) is 2.91. The quantitative estimate of drug-likeness (QED) is 0.230. The van der Waals surface area contributed by atoms with E-state index in [0.29, 0.717) is 42.6 Å². The third-order valence-corrected chi connectivity index (χ3v) is 4.34. The van der Waals surface area contributed by atoms with Crippen molar-refractivity contribution in [1.82, 2.24) is 5.32 Å². The molecule has 0 heterocycles. The smallest absolute Gasteiger partial charge is 0.508 e. The van der Waals surface area contributed by atoms with Crippen molar-refractivity contribution >= 4 is 23.8 Å². The van der Waals surface area contributed by atoms with E-state index in [-0.39, 0.29) is 11.5 Å². The average Bonchev–Trinajstić information content (AvgIpc) is 2.73. The van der Waals surface area contributed by atoms with Crippen LogP contribution >= 0.6 is 0 Å². The van der Waals surface area contributed by atoms with Crippen LogP contribution in [0.3, 0.4) is 0 Å². The number of ether oxygens (including phenoxy) is 2. The lowest BCUT2D eigenvalue weighted by Crippen LogP contribution is -2.43. The Hall–Kier alpha value is -3.79. The molecular formula is C21H25N3O7. The van der Waals surface area contributed by atoms with Gasteiger partial charge in [-0.05, 0) is 61.7 Å².